The molecule has 6 atom stereocenters. The third-order valence-electron chi connectivity index (χ3n) is 8.24. The molecule has 7 rings (SSSR count). The number of halogens is 1. The first-order chi connectivity index (χ1) is 15.9. The van der Waals surface area contributed by atoms with Crippen LogP contribution in [0.1, 0.15) is 27.9 Å². The van der Waals surface area contributed by atoms with Gasteiger partial charge in [0.1, 0.15) is 6.67 Å². The third-order valence-corrected chi connectivity index (χ3v) is 8.77. The van der Waals surface area contributed by atoms with Crippen LogP contribution in [-0.2, 0) is 9.59 Å². The molecule has 0 N–H and O–H groups in total. The van der Waals surface area contributed by atoms with Crippen molar-refractivity contribution >= 4 is 39.3 Å². The van der Waals surface area contributed by atoms with E-state index in [1.54, 1.807) is 17.0 Å². The molecule has 5 aliphatic rings. The summed E-state index contributed by atoms with van der Waals surface area (Å²) in [6.07, 6.45) is 5.47. The zero-order valence-corrected chi connectivity index (χ0v) is 20.2. The zero-order valence-electron chi connectivity index (χ0n) is 18.6. The fourth-order valence-electron chi connectivity index (χ4n) is 6.33. The summed E-state index contributed by atoms with van der Waals surface area (Å²) in [6, 6.07) is 13.0. The number of amides is 3. The van der Waals surface area contributed by atoms with E-state index in [-0.39, 0.29) is 48.1 Å². The summed E-state index contributed by atoms with van der Waals surface area (Å²) in [5, 5.41) is 0. The van der Waals surface area contributed by atoms with Crippen LogP contribution in [0.5, 0.6) is 0 Å². The fraction of sp³-hybridized carbons (Fsp3) is 0.370. The Morgan fingerprint density at radius 3 is 2.18 bits per heavy atom. The summed E-state index contributed by atoms with van der Waals surface area (Å²) in [4.78, 5) is 43.7. The van der Waals surface area contributed by atoms with Crippen LogP contribution >= 0.6 is 15.9 Å². The molecule has 6 unspecified atom stereocenters. The molecule has 1 heterocycles. The predicted octanol–water partition coefficient (Wildman–Crippen LogP) is 4.72. The van der Waals surface area contributed by atoms with Crippen LogP contribution in [0, 0.1) is 49.4 Å². The van der Waals surface area contributed by atoms with Gasteiger partial charge in [-0.3, -0.25) is 24.2 Å². The van der Waals surface area contributed by atoms with Crippen LogP contribution in [-0.4, -0.2) is 29.3 Å². The van der Waals surface area contributed by atoms with E-state index < -0.39 is 0 Å². The number of carbonyl (C=O) groups is 3. The topological polar surface area (TPSA) is 57.7 Å². The molecule has 0 spiro atoms. The van der Waals surface area contributed by atoms with Crippen molar-refractivity contribution in [1.82, 2.24) is 4.90 Å². The lowest BCUT2D eigenvalue weighted by Crippen LogP contribution is -2.45. The van der Waals surface area contributed by atoms with E-state index in [9.17, 15) is 14.4 Å². The minimum Gasteiger partial charge on any atom is -0.289 e. The highest BCUT2D eigenvalue weighted by Crippen LogP contribution is 2.65. The number of rotatable bonds is 4. The lowest BCUT2D eigenvalue weighted by atomic mass is 9.63. The number of imide groups is 1. The van der Waals surface area contributed by atoms with Crippen molar-refractivity contribution in [2.45, 2.75) is 20.3 Å². The molecule has 0 radical (unpaired) electrons. The molecular formula is C27H25BrN2O3. The summed E-state index contributed by atoms with van der Waals surface area (Å²) in [5.74, 6) is 0.456. The minimum absolute atomic E-state index is 0.0569. The third kappa shape index (κ3) is 3.07. The molecule has 2 aromatic rings. The summed E-state index contributed by atoms with van der Waals surface area (Å²) in [6.45, 7) is 3.91. The molecule has 3 amide bonds. The fourth-order valence-corrected chi connectivity index (χ4v) is 6.59. The molecule has 1 saturated heterocycles. The number of allylic oxidation sites excluding steroid dienone is 2. The highest BCUT2D eigenvalue weighted by molar-refractivity contribution is 9.10. The van der Waals surface area contributed by atoms with E-state index in [1.165, 1.54) is 4.90 Å². The first-order valence-electron chi connectivity index (χ1n) is 11.5. The van der Waals surface area contributed by atoms with Crippen LogP contribution in [0.25, 0.3) is 0 Å². The first kappa shape index (κ1) is 20.8. The van der Waals surface area contributed by atoms with Gasteiger partial charge in [0, 0.05) is 15.7 Å². The molecule has 3 fully saturated rings. The number of hydrogen-bond donors (Lipinski definition) is 0. The quantitative estimate of drug-likeness (QED) is 0.446. The maximum absolute atomic E-state index is 13.7. The highest BCUT2D eigenvalue weighted by Gasteiger charge is 2.67. The van der Waals surface area contributed by atoms with E-state index in [0.717, 1.165) is 27.7 Å². The Bertz CT molecular complexity index is 1180. The van der Waals surface area contributed by atoms with Gasteiger partial charge in [0.2, 0.25) is 11.8 Å². The van der Waals surface area contributed by atoms with Gasteiger partial charge in [-0.1, -0.05) is 40.2 Å². The van der Waals surface area contributed by atoms with Crippen molar-refractivity contribution in [3.63, 3.8) is 0 Å². The summed E-state index contributed by atoms with van der Waals surface area (Å²) < 4.78 is 0.882. The number of aryl methyl sites for hydroxylation is 1. The van der Waals surface area contributed by atoms with Crippen molar-refractivity contribution < 1.29 is 14.4 Å². The number of hydrogen-bond acceptors (Lipinski definition) is 3. The maximum atomic E-state index is 13.7. The molecule has 5 nitrogen and oxygen atoms in total. The number of benzene rings is 2. The smallest absolute Gasteiger partial charge is 0.259 e. The molecule has 2 aromatic carbocycles. The van der Waals surface area contributed by atoms with E-state index in [2.05, 4.69) is 28.1 Å². The van der Waals surface area contributed by atoms with Gasteiger partial charge < -0.3 is 0 Å². The Kier molecular flexibility index (Phi) is 4.67. The zero-order chi connectivity index (χ0) is 23.0. The second-order valence-electron chi connectivity index (χ2n) is 9.86. The van der Waals surface area contributed by atoms with E-state index in [4.69, 9.17) is 0 Å². The maximum Gasteiger partial charge on any atom is 0.259 e. The van der Waals surface area contributed by atoms with Gasteiger partial charge in [-0.15, -0.1) is 0 Å². The minimum atomic E-state index is -0.264. The first-order valence-corrected chi connectivity index (χ1v) is 12.3. The average Bonchev–Trinajstić information content (AvgIpc) is 3.60. The molecule has 2 saturated carbocycles. The number of carbonyl (C=O) groups excluding carboxylic acids is 3. The van der Waals surface area contributed by atoms with Gasteiger partial charge in [-0.25, -0.2) is 0 Å². The number of anilines is 1. The van der Waals surface area contributed by atoms with Gasteiger partial charge in [0.15, 0.2) is 0 Å². The summed E-state index contributed by atoms with van der Waals surface area (Å²) in [7, 11) is 0. The monoisotopic (exact) mass is 504 g/mol. The van der Waals surface area contributed by atoms with E-state index in [0.29, 0.717) is 17.4 Å². The SMILES string of the molecule is Cc1cccc(N(CN2C(=O)C3C4C=CC(C5CC45)C3C2=O)C(=O)c2ccc(Br)cc2)c1C. The molecular weight excluding hydrogens is 480 g/mol. The Morgan fingerprint density at radius 1 is 0.970 bits per heavy atom. The largest absolute Gasteiger partial charge is 0.289 e. The van der Waals surface area contributed by atoms with Crippen LogP contribution in [0.15, 0.2) is 59.1 Å². The van der Waals surface area contributed by atoms with Crippen LogP contribution in [0.3, 0.4) is 0 Å². The van der Waals surface area contributed by atoms with Gasteiger partial charge in [-0.2, -0.15) is 0 Å². The van der Waals surface area contributed by atoms with Gasteiger partial charge in [-0.05, 0) is 85.4 Å². The Hall–Kier alpha value is -2.73. The lowest BCUT2D eigenvalue weighted by molar-refractivity contribution is -0.140. The predicted molar refractivity (Wildman–Crippen MR) is 128 cm³/mol. The normalized spacial score (nSPS) is 30.9. The van der Waals surface area contributed by atoms with Crippen LogP contribution < -0.4 is 4.90 Å². The molecule has 4 aliphatic carbocycles. The average molecular weight is 505 g/mol. The van der Waals surface area contributed by atoms with Crippen molar-refractivity contribution in [2.75, 3.05) is 11.6 Å². The highest BCUT2D eigenvalue weighted by atomic mass is 79.9. The molecule has 0 aromatic heterocycles. The Labute approximate surface area is 201 Å². The second-order valence-corrected chi connectivity index (χ2v) is 10.8. The van der Waals surface area contributed by atoms with E-state index >= 15 is 0 Å². The van der Waals surface area contributed by atoms with Crippen molar-refractivity contribution in [2.24, 2.45) is 35.5 Å². The summed E-state index contributed by atoms with van der Waals surface area (Å²) >= 11 is 3.42. The van der Waals surface area contributed by atoms with Crippen LogP contribution in [0.2, 0.25) is 0 Å². The van der Waals surface area contributed by atoms with Crippen molar-refractivity contribution in [3.8, 4) is 0 Å². The molecule has 33 heavy (non-hydrogen) atoms. The standard InChI is InChI=1S/C27H25BrN2O3/c1-14-4-3-5-22(15(14)2)29(25(31)16-6-8-17(28)9-7-16)13-30-26(32)23-18-10-11-19(21-12-20(18)21)24(23)27(30)33/h3-11,18-21,23-24H,12-13H2,1-2H3. The van der Waals surface area contributed by atoms with Gasteiger partial charge in [0.05, 0.1) is 11.8 Å². The van der Waals surface area contributed by atoms with Crippen LogP contribution in [0.4, 0.5) is 5.69 Å². The van der Waals surface area contributed by atoms with Crippen molar-refractivity contribution in [1.29, 1.82) is 0 Å². The number of nitrogens with zero attached hydrogens (tertiary/aromatic N) is 2. The Morgan fingerprint density at radius 2 is 1.58 bits per heavy atom. The molecule has 1 aliphatic heterocycles. The van der Waals surface area contributed by atoms with Gasteiger partial charge >= 0.3 is 0 Å². The molecule has 168 valence electrons. The van der Waals surface area contributed by atoms with Gasteiger partial charge in [0.25, 0.3) is 5.91 Å². The lowest BCUT2D eigenvalue weighted by Gasteiger charge is -2.37. The number of likely N-dealkylation sites (tertiary alicyclic amines) is 1. The molecule has 2 bridgehead atoms. The summed E-state index contributed by atoms with van der Waals surface area (Å²) in [5.41, 5.74) is 3.25. The second kappa shape index (κ2) is 7.39. The molecule has 6 heteroatoms. The van der Waals surface area contributed by atoms with E-state index in [1.807, 2.05) is 44.2 Å². The Balaban J connectivity index is 1.37. The van der Waals surface area contributed by atoms with Crippen molar-refractivity contribution in [3.05, 3.63) is 75.8 Å².